The lowest BCUT2D eigenvalue weighted by Gasteiger charge is -2.32. The summed E-state index contributed by atoms with van der Waals surface area (Å²) in [6, 6.07) is 1.78. The number of rotatable bonds is 2. The van der Waals surface area contributed by atoms with Crippen LogP contribution in [-0.4, -0.2) is 40.0 Å². The number of aliphatic carboxylic acids is 1. The minimum atomic E-state index is -0.721. The molecule has 3 aliphatic rings. The lowest BCUT2D eigenvalue weighted by Crippen LogP contribution is -2.42. The van der Waals surface area contributed by atoms with E-state index in [0.29, 0.717) is 13.1 Å². The molecule has 4 rings (SSSR count). The van der Waals surface area contributed by atoms with E-state index in [4.69, 9.17) is 5.11 Å². The number of carbonyl (C=O) groups excluding carboxylic acids is 1. The number of carbonyl (C=O) groups is 2. The first-order valence-electron chi connectivity index (χ1n) is 8.77. The second kappa shape index (κ2) is 5.46. The Morgan fingerprint density at radius 3 is 2.58 bits per heavy atom. The third kappa shape index (κ3) is 2.44. The van der Waals surface area contributed by atoms with Gasteiger partial charge in [-0.25, -0.2) is 0 Å². The minimum absolute atomic E-state index is 0.106. The molecule has 2 fully saturated rings. The van der Waals surface area contributed by atoms with E-state index in [2.05, 4.69) is 4.98 Å². The molecule has 1 saturated heterocycles. The number of carboxylic acids is 1. The molecule has 1 aromatic heterocycles. The number of carboxylic acid groups (broad SMARTS) is 1. The number of amides is 1. The number of fused-ring (bicyclic) bond motifs is 1. The largest absolute Gasteiger partial charge is 0.481 e. The van der Waals surface area contributed by atoms with Crippen molar-refractivity contribution in [1.82, 2.24) is 9.88 Å². The molecule has 1 atom stereocenters. The molecule has 1 amide bonds. The molecule has 1 unspecified atom stereocenters. The summed E-state index contributed by atoms with van der Waals surface area (Å²) in [5.74, 6) is -1.19. The molecule has 1 aromatic rings. The van der Waals surface area contributed by atoms with Gasteiger partial charge in [-0.15, -0.1) is 0 Å². The summed E-state index contributed by atoms with van der Waals surface area (Å²) >= 11 is 0. The van der Waals surface area contributed by atoms with Crippen molar-refractivity contribution < 1.29 is 14.7 Å². The maximum atomic E-state index is 12.7. The number of nitrogens with zero attached hydrogens (tertiary/aromatic N) is 1. The highest BCUT2D eigenvalue weighted by atomic mass is 16.4. The number of H-pyrrole nitrogens is 1. The van der Waals surface area contributed by atoms with E-state index in [1.165, 1.54) is 0 Å². The van der Waals surface area contributed by atoms with Crippen molar-refractivity contribution in [3.05, 3.63) is 33.2 Å². The first kappa shape index (κ1) is 15.4. The zero-order valence-electron chi connectivity index (χ0n) is 13.6. The van der Waals surface area contributed by atoms with Gasteiger partial charge in [0.2, 0.25) is 0 Å². The van der Waals surface area contributed by atoms with E-state index in [1.807, 2.05) is 0 Å². The Labute approximate surface area is 139 Å². The summed E-state index contributed by atoms with van der Waals surface area (Å²) in [5.41, 5.74) is 1.90. The summed E-state index contributed by atoms with van der Waals surface area (Å²) in [6.45, 7) is 1.08. The molecule has 1 aliphatic heterocycles. The van der Waals surface area contributed by atoms with Crippen molar-refractivity contribution in [2.24, 2.45) is 11.3 Å². The standard InChI is InChI=1S/C18H22N2O4/c21-15-12(9-11-3-1-2-4-14(11)19-15)16(22)20-7-5-18(6-8-20)10-13(18)17(23)24/h9,13H,1-8,10H2,(H,19,21)(H,23,24). The predicted molar refractivity (Wildman–Crippen MR) is 87.0 cm³/mol. The number of hydrogen-bond acceptors (Lipinski definition) is 3. The topological polar surface area (TPSA) is 90.5 Å². The molecule has 2 heterocycles. The van der Waals surface area contributed by atoms with Crippen LogP contribution in [0.4, 0.5) is 0 Å². The van der Waals surface area contributed by atoms with E-state index in [0.717, 1.165) is 56.2 Å². The Balaban J connectivity index is 1.49. The van der Waals surface area contributed by atoms with Crippen LogP contribution in [0.3, 0.4) is 0 Å². The molecule has 1 spiro atoms. The molecule has 24 heavy (non-hydrogen) atoms. The van der Waals surface area contributed by atoms with Gasteiger partial charge in [-0.3, -0.25) is 14.4 Å². The van der Waals surface area contributed by atoms with Crippen LogP contribution in [0, 0.1) is 11.3 Å². The van der Waals surface area contributed by atoms with Crippen molar-refractivity contribution in [3.8, 4) is 0 Å². The SMILES string of the molecule is O=C(O)C1CC12CCN(C(=O)c1cc3c([nH]c1=O)CCCC3)CC2. The fourth-order valence-corrected chi connectivity index (χ4v) is 4.41. The molecule has 6 heteroatoms. The zero-order chi connectivity index (χ0) is 16.9. The van der Waals surface area contributed by atoms with Crippen LogP contribution in [0.2, 0.25) is 0 Å². The maximum Gasteiger partial charge on any atom is 0.307 e. The molecule has 0 bridgehead atoms. The van der Waals surface area contributed by atoms with Crippen LogP contribution in [0.15, 0.2) is 10.9 Å². The number of aromatic nitrogens is 1. The molecule has 0 radical (unpaired) electrons. The average Bonchev–Trinajstić information content (AvgIpc) is 3.28. The number of aryl methyl sites for hydroxylation is 2. The van der Waals surface area contributed by atoms with Crippen molar-refractivity contribution in [3.63, 3.8) is 0 Å². The molecule has 1 saturated carbocycles. The smallest absolute Gasteiger partial charge is 0.307 e. The lowest BCUT2D eigenvalue weighted by molar-refractivity contribution is -0.139. The Bertz CT molecular complexity index is 759. The number of nitrogens with one attached hydrogen (secondary N) is 1. The number of piperidine rings is 1. The fourth-order valence-electron chi connectivity index (χ4n) is 4.41. The van der Waals surface area contributed by atoms with Crippen LogP contribution in [-0.2, 0) is 17.6 Å². The summed E-state index contributed by atoms with van der Waals surface area (Å²) in [5, 5.41) is 9.15. The van der Waals surface area contributed by atoms with E-state index < -0.39 is 5.97 Å². The highest BCUT2D eigenvalue weighted by molar-refractivity contribution is 5.94. The summed E-state index contributed by atoms with van der Waals surface area (Å²) in [7, 11) is 0. The number of likely N-dealkylation sites (tertiary alicyclic amines) is 1. The average molecular weight is 330 g/mol. The normalized spacial score (nSPS) is 24.5. The third-order valence-corrected chi connectivity index (χ3v) is 6.10. The molecule has 6 nitrogen and oxygen atoms in total. The van der Waals surface area contributed by atoms with Crippen LogP contribution in [0.5, 0.6) is 0 Å². The van der Waals surface area contributed by atoms with Gasteiger partial charge in [0.05, 0.1) is 5.92 Å². The van der Waals surface area contributed by atoms with Crippen LogP contribution >= 0.6 is 0 Å². The Hall–Kier alpha value is -2.11. The monoisotopic (exact) mass is 330 g/mol. The Morgan fingerprint density at radius 1 is 1.21 bits per heavy atom. The lowest BCUT2D eigenvalue weighted by atomic mass is 9.90. The molecule has 2 N–H and O–H groups in total. The molecule has 0 aromatic carbocycles. The quantitative estimate of drug-likeness (QED) is 0.861. The van der Waals surface area contributed by atoms with Crippen molar-refractivity contribution in [2.45, 2.75) is 44.9 Å². The van der Waals surface area contributed by atoms with Crippen molar-refractivity contribution in [2.75, 3.05) is 13.1 Å². The second-order valence-electron chi connectivity index (χ2n) is 7.47. The van der Waals surface area contributed by atoms with Gasteiger partial charge < -0.3 is 15.0 Å². The number of pyridine rings is 1. The zero-order valence-corrected chi connectivity index (χ0v) is 13.6. The van der Waals surface area contributed by atoms with Gasteiger partial charge in [0.15, 0.2) is 0 Å². The van der Waals surface area contributed by atoms with E-state index in [-0.39, 0.29) is 28.4 Å². The van der Waals surface area contributed by atoms with Gasteiger partial charge in [0.25, 0.3) is 11.5 Å². The van der Waals surface area contributed by atoms with Crippen LogP contribution in [0.25, 0.3) is 0 Å². The van der Waals surface area contributed by atoms with Gasteiger partial charge in [-0.2, -0.15) is 0 Å². The van der Waals surface area contributed by atoms with E-state index in [9.17, 15) is 14.4 Å². The minimum Gasteiger partial charge on any atom is -0.481 e. The first-order valence-corrected chi connectivity index (χ1v) is 8.77. The van der Waals surface area contributed by atoms with Crippen molar-refractivity contribution in [1.29, 1.82) is 0 Å². The van der Waals surface area contributed by atoms with Crippen LogP contribution < -0.4 is 5.56 Å². The predicted octanol–water partition coefficient (Wildman–Crippen LogP) is 1.58. The number of hydrogen-bond donors (Lipinski definition) is 2. The molecular formula is C18H22N2O4. The van der Waals surface area contributed by atoms with Gasteiger partial charge >= 0.3 is 5.97 Å². The van der Waals surface area contributed by atoms with Crippen molar-refractivity contribution >= 4 is 11.9 Å². The number of aromatic amines is 1. The van der Waals surface area contributed by atoms with Gasteiger partial charge in [-0.05, 0) is 62.0 Å². The maximum absolute atomic E-state index is 12.7. The molecule has 128 valence electrons. The van der Waals surface area contributed by atoms with E-state index >= 15 is 0 Å². The highest BCUT2D eigenvalue weighted by Gasteiger charge is 2.59. The third-order valence-electron chi connectivity index (χ3n) is 6.10. The highest BCUT2D eigenvalue weighted by Crippen LogP contribution is 2.59. The van der Waals surface area contributed by atoms with Crippen LogP contribution in [0.1, 0.15) is 53.7 Å². The fraction of sp³-hybridized carbons (Fsp3) is 0.611. The van der Waals surface area contributed by atoms with Gasteiger partial charge in [0.1, 0.15) is 5.56 Å². The molecule has 2 aliphatic carbocycles. The Morgan fingerprint density at radius 2 is 1.92 bits per heavy atom. The van der Waals surface area contributed by atoms with Gasteiger partial charge in [-0.1, -0.05) is 0 Å². The summed E-state index contributed by atoms with van der Waals surface area (Å²) < 4.78 is 0. The first-order chi connectivity index (χ1) is 11.5. The Kier molecular flexibility index (Phi) is 3.51. The summed E-state index contributed by atoms with van der Waals surface area (Å²) in [4.78, 5) is 40.7. The second-order valence-corrected chi connectivity index (χ2v) is 7.47. The molecular weight excluding hydrogens is 308 g/mol. The van der Waals surface area contributed by atoms with E-state index in [1.54, 1.807) is 11.0 Å². The van der Waals surface area contributed by atoms with Gasteiger partial charge in [0, 0.05) is 18.8 Å². The summed E-state index contributed by atoms with van der Waals surface area (Å²) in [6.07, 6.45) is 6.13.